The fourth-order valence-electron chi connectivity index (χ4n) is 2.77. The number of carbonyl (C=O) groups excluding carboxylic acids is 2. The van der Waals surface area contributed by atoms with Crippen molar-refractivity contribution in [1.29, 1.82) is 0 Å². The Balaban J connectivity index is 1.63. The highest BCUT2D eigenvalue weighted by Gasteiger charge is 2.14. The van der Waals surface area contributed by atoms with Crippen LogP contribution < -0.4 is 0 Å². The molecule has 5 heteroatoms. The van der Waals surface area contributed by atoms with E-state index in [0.717, 1.165) is 11.0 Å². The number of furan rings is 1. The third kappa shape index (κ3) is 3.77. The van der Waals surface area contributed by atoms with Crippen molar-refractivity contribution < 1.29 is 18.7 Å². The van der Waals surface area contributed by atoms with E-state index in [2.05, 4.69) is 0 Å². The van der Waals surface area contributed by atoms with Crippen molar-refractivity contribution in [3.05, 3.63) is 71.5 Å². The second-order valence-corrected chi connectivity index (χ2v) is 5.88. The molecule has 0 radical (unpaired) electrons. The zero-order valence-corrected chi connectivity index (χ0v) is 14.9. The van der Waals surface area contributed by atoms with Crippen LogP contribution in [0.1, 0.15) is 40.3 Å². The Kier molecular flexibility index (Phi) is 5.37. The largest absolute Gasteiger partial charge is 0.457 e. The summed E-state index contributed by atoms with van der Waals surface area (Å²) in [5, 5.41) is 0.970. The Morgan fingerprint density at radius 3 is 2.27 bits per heavy atom. The van der Waals surface area contributed by atoms with Gasteiger partial charge < -0.3 is 14.1 Å². The first kappa shape index (κ1) is 17.7. The Bertz CT molecular complexity index is 874. The van der Waals surface area contributed by atoms with Crippen LogP contribution in [0.4, 0.5) is 0 Å². The van der Waals surface area contributed by atoms with E-state index in [4.69, 9.17) is 9.15 Å². The number of hydrogen-bond acceptors (Lipinski definition) is 4. The molecule has 0 bridgehead atoms. The number of nitrogens with zero attached hydrogens (tertiary/aromatic N) is 1. The van der Waals surface area contributed by atoms with Crippen molar-refractivity contribution in [1.82, 2.24) is 4.90 Å². The van der Waals surface area contributed by atoms with Crippen LogP contribution in [0.2, 0.25) is 0 Å². The lowest BCUT2D eigenvalue weighted by atomic mass is 10.1. The lowest BCUT2D eigenvalue weighted by molar-refractivity contribution is 0.0447. The van der Waals surface area contributed by atoms with Gasteiger partial charge in [0.25, 0.3) is 5.91 Å². The first-order chi connectivity index (χ1) is 12.6. The predicted octanol–water partition coefficient (Wildman–Crippen LogP) is 4.27. The lowest BCUT2D eigenvalue weighted by Crippen LogP contribution is -2.30. The summed E-state index contributed by atoms with van der Waals surface area (Å²) < 4.78 is 10.9. The standard InChI is InChI=1S/C21H21NO4/c1-3-22(4-2)20(23)15-9-11-16(12-10-15)21(24)25-14-18-13-17-7-5-6-8-19(17)26-18/h5-13H,3-4,14H2,1-2H3. The second-order valence-electron chi connectivity index (χ2n) is 5.88. The monoisotopic (exact) mass is 351 g/mol. The van der Waals surface area contributed by atoms with Gasteiger partial charge in [0.15, 0.2) is 0 Å². The van der Waals surface area contributed by atoms with Crippen molar-refractivity contribution in [3.63, 3.8) is 0 Å². The van der Waals surface area contributed by atoms with Crippen LogP contribution in [0.15, 0.2) is 59.0 Å². The third-order valence-corrected chi connectivity index (χ3v) is 4.24. The van der Waals surface area contributed by atoms with Gasteiger partial charge in [-0.1, -0.05) is 18.2 Å². The molecule has 1 amide bonds. The Morgan fingerprint density at radius 2 is 1.62 bits per heavy atom. The van der Waals surface area contributed by atoms with Gasteiger partial charge in [-0.15, -0.1) is 0 Å². The Labute approximate surface area is 152 Å². The molecule has 0 saturated heterocycles. The smallest absolute Gasteiger partial charge is 0.338 e. The summed E-state index contributed by atoms with van der Waals surface area (Å²) in [7, 11) is 0. The lowest BCUT2D eigenvalue weighted by Gasteiger charge is -2.18. The SMILES string of the molecule is CCN(CC)C(=O)c1ccc(C(=O)OCc2cc3ccccc3o2)cc1. The maximum absolute atomic E-state index is 12.3. The van der Waals surface area contributed by atoms with Gasteiger partial charge in [-0.3, -0.25) is 4.79 Å². The van der Waals surface area contributed by atoms with E-state index in [9.17, 15) is 9.59 Å². The van der Waals surface area contributed by atoms with E-state index < -0.39 is 5.97 Å². The molecule has 134 valence electrons. The number of carbonyl (C=O) groups is 2. The molecule has 0 fully saturated rings. The molecule has 0 unspecified atom stereocenters. The van der Waals surface area contributed by atoms with Crippen molar-refractivity contribution in [2.45, 2.75) is 20.5 Å². The molecule has 0 spiro atoms. The zero-order valence-electron chi connectivity index (χ0n) is 14.9. The molecule has 3 rings (SSSR count). The summed E-state index contributed by atoms with van der Waals surface area (Å²) in [5.41, 5.74) is 1.72. The quantitative estimate of drug-likeness (QED) is 0.622. The molecule has 2 aromatic carbocycles. The second kappa shape index (κ2) is 7.87. The number of esters is 1. The first-order valence-corrected chi connectivity index (χ1v) is 8.66. The van der Waals surface area contributed by atoms with E-state index in [-0.39, 0.29) is 12.5 Å². The minimum absolute atomic E-state index is 0.0443. The molecule has 0 N–H and O–H groups in total. The number of fused-ring (bicyclic) bond motifs is 1. The first-order valence-electron chi connectivity index (χ1n) is 8.66. The van der Waals surface area contributed by atoms with Crippen LogP contribution >= 0.6 is 0 Å². The molecular weight excluding hydrogens is 330 g/mol. The molecule has 0 aliphatic rings. The van der Waals surface area contributed by atoms with Crippen LogP contribution in [0.25, 0.3) is 11.0 Å². The van der Waals surface area contributed by atoms with Crippen LogP contribution in [0, 0.1) is 0 Å². The summed E-state index contributed by atoms with van der Waals surface area (Å²) in [6.45, 7) is 5.23. The zero-order chi connectivity index (χ0) is 18.5. The number of ether oxygens (including phenoxy) is 1. The average molecular weight is 351 g/mol. The van der Waals surface area contributed by atoms with Crippen molar-refractivity contribution in [3.8, 4) is 0 Å². The van der Waals surface area contributed by atoms with E-state index in [0.29, 0.717) is 30.0 Å². The highest BCUT2D eigenvalue weighted by atomic mass is 16.5. The molecule has 0 saturated carbocycles. The normalized spacial score (nSPS) is 10.7. The highest BCUT2D eigenvalue weighted by molar-refractivity contribution is 5.96. The number of hydrogen-bond donors (Lipinski definition) is 0. The predicted molar refractivity (Wildman–Crippen MR) is 99.0 cm³/mol. The van der Waals surface area contributed by atoms with Gasteiger partial charge in [-0.05, 0) is 50.2 Å². The molecule has 1 heterocycles. The maximum Gasteiger partial charge on any atom is 0.338 e. The molecule has 1 aromatic heterocycles. The van der Waals surface area contributed by atoms with Crippen LogP contribution in [0.3, 0.4) is 0 Å². The van der Waals surface area contributed by atoms with E-state index in [1.165, 1.54) is 0 Å². The van der Waals surface area contributed by atoms with Gasteiger partial charge >= 0.3 is 5.97 Å². The molecule has 26 heavy (non-hydrogen) atoms. The van der Waals surface area contributed by atoms with Crippen LogP contribution in [-0.4, -0.2) is 29.9 Å². The van der Waals surface area contributed by atoms with Crippen molar-refractivity contribution in [2.75, 3.05) is 13.1 Å². The van der Waals surface area contributed by atoms with Gasteiger partial charge in [0, 0.05) is 24.0 Å². The molecule has 0 aliphatic carbocycles. The average Bonchev–Trinajstić information content (AvgIpc) is 3.10. The minimum Gasteiger partial charge on any atom is -0.457 e. The molecule has 0 atom stereocenters. The number of para-hydroxylation sites is 1. The summed E-state index contributed by atoms with van der Waals surface area (Å²) in [4.78, 5) is 26.2. The number of benzene rings is 2. The van der Waals surface area contributed by atoms with E-state index >= 15 is 0 Å². The fourth-order valence-corrected chi connectivity index (χ4v) is 2.77. The van der Waals surface area contributed by atoms with Gasteiger partial charge in [0.1, 0.15) is 18.0 Å². The number of amides is 1. The van der Waals surface area contributed by atoms with E-state index in [1.54, 1.807) is 29.2 Å². The molecule has 0 aliphatic heterocycles. The van der Waals surface area contributed by atoms with Crippen molar-refractivity contribution in [2.24, 2.45) is 0 Å². The Hall–Kier alpha value is -3.08. The third-order valence-electron chi connectivity index (χ3n) is 4.24. The highest BCUT2D eigenvalue weighted by Crippen LogP contribution is 2.19. The van der Waals surface area contributed by atoms with E-state index in [1.807, 2.05) is 44.2 Å². The van der Waals surface area contributed by atoms with Crippen molar-refractivity contribution >= 4 is 22.8 Å². The summed E-state index contributed by atoms with van der Waals surface area (Å²) in [6, 6.07) is 16.0. The summed E-state index contributed by atoms with van der Waals surface area (Å²) in [5.74, 6) is 0.0948. The van der Waals surface area contributed by atoms with Crippen LogP contribution in [0.5, 0.6) is 0 Å². The molecule has 5 nitrogen and oxygen atoms in total. The molecular formula is C21H21NO4. The fraction of sp³-hybridized carbons (Fsp3) is 0.238. The van der Waals surface area contributed by atoms with Gasteiger partial charge in [0.05, 0.1) is 5.56 Å². The maximum atomic E-state index is 12.3. The number of rotatable bonds is 6. The summed E-state index contributed by atoms with van der Waals surface area (Å²) in [6.07, 6.45) is 0. The van der Waals surface area contributed by atoms with Crippen LogP contribution in [-0.2, 0) is 11.3 Å². The Morgan fingerprint density at radius 1 is 0.962 bits per heavy atom. The summed E-state index contributed by atoms with van der Waals surface area (Å²) >= 11 is 0. The van der Waals surface area contributed by atoms with Gasteiger partial charge in [-0.25, -0.2) is 4.79 Å². The topological polar surface area (TPSA) is 59.8 Å². The molecule has 3 aromatic rings. The van der Waals surface area contributed by atoms with Gasteiger partial charge in [0.2, 0.25) is 0 Å². The minimum atomic E-state index is -0.452. The van der Waals surface area contributed by atoms with Gasteiger partial charge in [-0.2, -0.15) is 0 Å².